The summed E-state index contributed by atoms with van der Waals surface area (Å²) < 4.78 is 52.4. The van der Waals surface area contributed by atoms with E-state index in [9.17, 15) is 17.2 Å². The molecular weight excluding hydrogens is 276 g/mol. The minimum atomic E-state index is -4.22. The SMILES string of the molecule is COc1c(S(=O)(=O)Cl)ccc(C#N)c1C(F)F. The van der Waals surface area contributed by atoms with Crippen molar-refractivity contribution in [1.29, 1.82) is 5.26 Å². The smallest absolute Gasteiger partial charge is 0.268 e. The van der Waals surface area contributed by atoms with Crippen LogP contribution >= 0.6 is 10.7 Å². The molecule has 0 saturated carbocycles. The number of hydrogen-bond donors (Lipinski definition) is 0. The Morgan fingerprint density at radius 2 is 2.06 bits per heavy atom. The number of nitrogens with zero attached hydrogens (tertiary/aromatic N) is 1. The average Bonchev–Trinajstić information content (AvgIpc) is 2.25. The topological polar surface area (TPSA) is 67.2 Å². The number of halogens is 3. The van der Waals surface area contributed by atoms with Gasteiger partial charge in [0.25, 0.3) is 15.5 Å². The van der Waals surface area contributed by atoms with Crippen molar-refractivity contribution in [1.82, 2.24) is 0 Å². The molecule has 1 rings (SSSR count). The van der Waals surface area contributed by atoms with Gasteiger partial charge in [0.05, 0.1) is 24.3 Å². The number of methoxy groups -OCH3 is 1. The van der Waals surface area contributed by atoms with Crippen molar-refractivity contribution < 1.29 is 21.9 Å². The molecule has 0 radical (unpaired) electrons. The van der Waals surface area contributed by atoms with Crippen molar-refractivity contribution in [2.24, 2.45) is 0 Å². The summed E-state index contributed by atoms with van der Waals surface area (Å²) in [7, 11) is 1.88. The predicted octanol–water partition coefficient (Wildman–Crippen LogP) is 2.43. The molecule has 4 nitrogen and oxygen atoms in total. The van der Waals surface area contributed by atoms with E-state index in [-0.39, 0.29) is 5.56 Å². The zero-order valence-corrected chi connectivity index (χ0v) is 10.0. The Morgan fingerprint density at radius 1 is 1.47 bits per heavy atom. The van der Waals surface area contributed by atoms with Gasteiger partial charge in [-0.25, -0.2) is 17.2 Å². The van der Waals surface area contributed by atoms with Crippen LogP contribution in [0.4, 0.5) is 8.78 Å². The molecule has 0 atom stereocenters. The van der Waals surface area contributed by atoms with E-state index in [1.165, 1.54) is 6.07 Å². The fourth-order valence-electron chi connectivity index (χ4n) is 1.30. The molecule has 0 aromatic heterocycles. The van der Waals surface area contributed by atoms with E-state index in [2.05, 4.69) is 4.74 Å². The fraction of sp³-hybridized carbons (Fsp3) is 0.222. The van der Waals surface area contributed by atoms with Gasteiger partial charge in [-0.05, 0) is 12.1 Å². The van der Waals surface area contributed by atoms with Crippen LogP contribution in [0.5, 0.6) is 5.75 Å². The normalized spacial score (nSPS) is 11.3. The number of rotatable bonds is 3. The third-order valence-electron chi connectivity index (χ3n) is 1.97. The maximum absolute atomic E-state index is 12.8. The quantitative estimate of drug-likeness (QED) is 0.798. The minimum absolute atomic E-state index is 0.360. The molecule has 1 aromatic carbocycles. The van der Waals surface area contributed by atoms with Gasteiger partial charge in [0.1, 0.15) is 10.6 Å². The van der Waals surface area contributed by atoms with Gasteiger partial charge in [-0.3, -0.25) is 0 Å². The molecule has 0 heterocycles. The molecule has 0 spiro atoms. The first-order valence-corrected chi connectivity index (χ1v) is 6.47. The average molecular weight is 282 g/mol. The minimum Gasteiger partial charge on any atom is -0.495 e. The Labute approximate surface area is 101 Å². The van der Waals surface area contributed by atoms with Crippen LogP contribution in [0.15, 0.2) is 17.0 Å². The predicted molar refractivity (Wildman–Crippen MR) is 55.7 cm³/mol. The lowest BCUT2D eigenvalue weighted by Crippen LogP contribution is -2.03. The van der Waals surface area contributed by atoms with Crippen molar-refractivity contribution in [2.75, 3.05) is 7.11 Å². The van der Waals surface area contributed by atoms with Crippen LogP contribution in [0.2, 0.25) is 0 Å². The molecule has 0 bridgehead atoms. The molecular formula is C9H6ClF2NO3S. The molecule has 0 aliphatic carbocycles. The van der Waals surface area contributed by atoms with E-state index in [0.717, 1.165) is 19.2 Å². The van der Waals surface area contributed by atoms with Crippen LogP contribution < -0.4 is 4.74 Å². The number of nitriles is 1. The third-order valence-corrected chi connectivity index (χ3v) is 3.31. The molecule has 17 heavy (non-hydrogen) atoms. The van der Waals surface area contributed by atoms with Gasteiger partial charge in [0.15, 0.2) is 0 Å². The van der Waals surface area contributed by atoms with E-state index in [0.29, 0.717) is 0 Å². The molecule has 0 unspecified atom stereocenters. The van der Waals surface area contributed by atoms with Crippen LogP contribution in [0.1, 0.15) is 17.6 Å². The highest BCUT2D eigenvalue weighted by atomic mass is 35.7. The van der Waals surface area contributed by atoms with E-state index < -0.39 is 31.7 Å². The highest BCUT2D eigenvalue weighted by Gasteiger charge is 2.26. The van der Waals surface area contributed by atoms with Gasteiger partial charge >= 0.3 is 0 Å². The Morgan fingerprint density at radius 3 is 2.41 bits per heavy atom. The second-order valence-electron chi connectivity index (χ2n) is 2.91. The summed E-state index contributed by atoms with van der Waals surface area (Å²) in [4.78, 5) is -0.587. The Kier molecular flexibility index (Phi) is 3.91. The lowest BCUT2D eigenvalue weighted by atomic mass is 10.1. The Hall–Kier alpha value is -1.39. The molecule has 1 aromatic rings. The van der Waals surface area contributed by atoms with Crippen LogP contribution in [-0.2, 0) is 9.05 Å². The van der Waals surface area contributed by atoms with Crippen LogP contribution in [0.3, 0.4) is 0 Å². The summed E-state index contributed by atoms with van der Waals surface area (Å²) >= 11 is 0. The fourth-order valence-corrected chi connectivity index (χ4v) is 2.31. The summed E-state index contributed by atoms with van der Waals surface area (Å²) in [5.74, 6) is -0.603. The Bertz CT molecular complexity index is 581. The maximum atomic E-state index is 12.8. The molecule has 0 aliphatic rings. The standard InChI is InChI=1S/C9H6ClF2NO3S/c1-16-8-6(17(10,14)15)3-2-5(4-13)7(8)9(11)12/h2-3,9H,1H3. The number of hydrogen-bond acceptors (Lipinski definition) is 4. The summed E-state index contributed by atoms with van der Waals surface area (Å²) in [6.45, 7) is 0. The van der Waals surface area contributed by atoms with E-state index >= 15 is 0 Å². The van der Waals surface area contributed by atoms with Crippen molar-refractivity contribution >= 4 is 19.7 Å². The molecule has 92 valence electrons. The second-order valence-corrected chi connectivity index (χ2v) is 5.44. The lowest BCUT2D eigenvalue weighted by Gasteiger charge is -2.12. The van der Waals surface area contributed by atoms with Crippen molar-refractivity contribution in [3.05, 3.63) is 23.3 Å². The highest BCUT2D eigenvalue weighted by Crippen LogP contribution is 2.38. The van der Waals surface area contributed by atoms with Crippen LogP contribution in [0, 0.1) is 11.3 Å². The van der Waals surface area contributed by atoms with Crippen molar-refractivity contribution in [3.63, 3.8) is 0 Å². The van der Waals surface area contributed by atoms with Gasteiger partial charge in [-0.2, -0.15) is 5.26 Å². The molecule has 0 fully saturated rings. The zero-order chi connectivity index (χ0) is 13.2. The molecule has 8 heteroatoms. The Balaban J connectivity index is 3.72. The van der Waals surface area contributed by atoms with Crippen molar-refractivity contribution in [3.8, 4) is 11.8 Å². The second kappa shape index (κ2) is 4.85. The first kappa shape index (κ1) is 13.7. The number of ether oxygens (including phenoxy) is 1. The monoisotopic (exact) mass is 281 g/mol. The van der Waals surface area contributed by atoms with Gasteiger partial charge in [0, 0.05) is 10.7 Å². The van der Waals surface area contributed by atoms with E-state index in [1.54, 1.807) is 0 Å². The molecule has 0 saturated heterocycles. The zero-order valence-electron chi connectivity index (χ0n) is 8.45. The van der Waals surface area contributed by atoms with Crippen LogP contribution in [0.25, 0.3) is 0 Å². The van der Waals surface area contributed by atoms with Crippen molar-refractivity contribution in [2.45, 2.75) is 11.3 Å². The third kappa shape index (κ3) is 2.65. The first-order chi connectivity index (χ1) is 7.82. The molecule has 0 amide bonds. The molecule has 0 aliphatic heterocycles. The van der Waals surface area contributed by atoms with Crippen LogP contribution in [-0.4, -0.2) is 15.5 Å². The van der Waals surface area contributed by atoms with Gasteiger partial charge in [-0.15, -0.1) is 0 Å². The molecule has 0 N–H and O–H groups in total. The summed E-state index contributed by atoms with van der Waals surface area (Å²) in [5.41, 5.74) is -1.14. The largest absolute Gasteiger partial charge is 0.495 e. The van der Waals surface area contributed by atoms with Gasteiger partial charge < -0.3 is 4.74 Å². The number of benzene rings is 1. The summed E-state index contributed by atoms with van der Waals surface area (Å²) in [6, 6.07) is 3.44. The number of alkyl halides is 2. The van der Waals surface area contributed by atoms with Gasteiger partial charge in [-0.1, -0.05) is 0 Å². The summed E-state index contributed by atoms with van der Waals surface area (Å²) in [5, 5.41) is 8.66. The maximum Gasteiger partial charge on any atom is 0.268 e. The lowest BCUT2D eigenvalue weighted by molar-refractivity contribution is 0.146. The highest BCUT2D eigenvalue weighted by molar-refractivity contribution is 8.13. The van der Waals surface area contributed by atoms with E-state index in [4.69, 9.17) is 15.9 Å². The van der Waals surface area contributed by atoms with E-state index in [1.807, 2.05) is 0 Å². The van der Waals surface area contributed by atoms with Gasteiger partial charge in [0.2, 0.25) is 0 Å². The first-order valence-electron chi connectivity index (χ1n) is 4.16. The summed E-state index contributed by atoms with van der Waals surface area (Å²) in [6.07, 6.45) is -3.04.